The van der Waals surface area contributed by atoms with Crippen molar-refractivity contribution in [3.8, 4) is 5.75 Å². The van der Waals surface area contributed by atoms with Crippen LogP contribution in [0.1, 0.15) is 40.5 Å². The second kappa shape index (κ2) is 5.83. The van der Waals surface area contributed by atoms with Gasteiger partial charge in [-0.2, -0.15) is 0 Å². The van der Waals surface area contributed by atoms with E-state index in [-0.39, 0.29) is 11.7 Å². The molecule has 3 nitrogen and oxygen atoms in total. The number of hydrogen-bond donors (Lipinski definition) is 1. The summed E-state index contributed by atoms with van der Waals surface area (Å²) in [5, 5.41) is 3.42. The third kappa shape index (κ3) is 4.43. The van der Waals surface area contributed by atoms with Gasteiger partial charge in [-0.3, -0.25) is 0 Å². The fraction of sp³-hybridized carbons (Fsp3) is 0.625. The van der Waals surface area contributed by atoms with Crippen LogP contribution in [0.3, 0.4) is 0 Å². The molecule has 1 atom stereocenters. The van der Waals surface area contributed by atoms with Crippen molar-refractivity contribution in [1.29, 1.82) is 0 Å². The first-order valence-corrected chi connectivity index (χ1v) is 7.13. The molecule has 1 aliphatic rings. The monoisotopic (exact) mass is 263 g/mol. The fourth-order valence-electron chi connectivity index (χ4n) is 2.38. The molecule has 19 heavy (non-hydrogen) atoms. The number of rotatable bonds is 5. The summed E-state index contributed by atoms with van der Waals surface area (Å²) in [7, 11) is 0. The smallest absolute Gasteiger partial charge is 0.119 e. The van der Waals surface area contributed by atoms with Gasteiger partial charge in [0.2, 0.25) is 0 Å². The Bertz CT molecular complexity index is 398. The van der Waals surface area contributed by atoms with Crippen molar-refractivity contribution in [2.75, 3.05) is 11.9 Å². The van der Waals surface area contributed by atoms with Gasteiger partial charge in [0, 0.05) is 12.2 Å². The summed E-state index contributed by atoms with van der Waals surface area (Å²) in [5.41, 5.74) is 1.16. The molecule has 0 amide bonds. The maximum atomic E-state index is 5.96. The largest absolute Gasteiger partial charge is 0.491 e. The molecule has 1 heterocycles. The van der Waals surface area contributed by atoms with Crippen molar-refractivity contribution < 1.29 is 9.47 Å². The molecule has 1 saturated heterocycles. The topological polar surface area (TPSA) is 30.5 Å². The van der Waals surface area contributed by atoms with Crippen LogP contribution >= 0.6 is 0 Å². The summed E-state index contributed by atoms with van der Waals surface area (Å²) in [6.07, 6.45) is 2.81. The van der Waals surface area contributed by atoms with Crippen LogP contribution in [0, 0.1) is 0 Å². The predicted octanol–water partition coefficient (Wildman–Crippen LogP) is 3.84. The zero-order valence-corrected chi connectivity index (χ0v) is 12.4. The van der Waals surface area contributed by atoms with Gasteiger partial charge >= 0.3 is 0 Å². The highest BCUT2D eigenvalue weighted by molar-refractivity contribution is 5.46. The molecule has 2 rings (SSSR count). The minimum absolute atomic E-state index is 0.0430. The molecule has 1 fully saturated rings. The van der Waals surface area contributed by atoms with Crippen molar-refractivity contribution in [3.63, 3.8) is 0 Å². The maximum Gasteiger partial charge on any atom is 0.119 e. The first-order chi connectivity index (χ1) is 8.94. The first-order valence-electron chi connectivity index (χ1n) is 7.13. The summed E-state index contributed by atoms with van der Waals surface area (Å²) < 4.78 is 11.6. The molecular formula is C16H25NO2. The van der Waals surface area contributed by atoms with Crippen LogP contribution in [0.25, 0.3) is 0 Å². The van der Waals surface area contributed by atoms with Crippen molar-refractivity contribution in [2.24, 2.45) is 0 Å². The van der Waals surface area contributed by atoms with Gasteiger partial charge in [-0.05, 0) is 64.8 Å². The summed E-state index contributed by atoms with van der Waals surface area (Å²) in [5.74, 6) is 0.916. The Morgan fingerprint density at radius 2 is 2.00 bits per heavy atom. The molecule has 0 radical (unpaired) electrons. The Hall–Kier alpha value is -1.22. The number of hydrogen-bond acceptors (Lipinski definition) is 3. The SMILES string of the molecule is CC(C)Oc1ccc(NCC2CCC(C)(C)O2)cc1. The van der Waals surface area contributed by atoms with E-state index in [4.69, 9.17) is 9.47 Å². The molecule has 1 aromatic rings. The van der Waals surface area contributed by atoms with E-state index >= 15 is 0 Å². The zero-order valence-electron chi connectivity index (χ0n) is 12.4. The summed E-state index contributed by atoms with van der Waals surface area (Å²) in [4.78, 5) is 0. The zero-order chi connectivity index (χ0) is 13.9. The first kappa shape index (κ1) is 14.2. The second-order valence-electron chi connectivity index (χ2n) is 6.11. The highest BCUT2D eigenvalue weighted by Crippen LogP contribution is 2.29. The average molecular weight is 263 g/mol. The van der Waals surface area contributed by atoms with E-state index in [0.717, 1.165) is 30.8 Å². The maximum absolute atomic E-state index is 5.96. The van der Waals surface area contributed by atoms with Crippen LogP contribution in [0.15, 0.2) is 24.3 Å². The molecule has 3 heteroatoms. The van der Waals surface area contributed by atoms with Gasteiger partial charge in [0.25, 0.3) is 0 Å². The van der Waals surface area contributed by atoms with Gasteiger partial charge < -0.3 is 14.8 Å². The minimum Gasteiger partial charge on any atom is -0.491 e. The standard InChI is InChI=1S/C16H25NO2/c1-12(2)18-14-7-5-13(6-8-14)17-11-15-9-10-16(3,4)19-15/h5-8,12,15,17H,9-11H2,1-4H3. The van der Waals surface area contributed by atoms with Crippen LogP contribution in [0.5, 0.6) is 5.75 Å². The summed E-state index contributed by atoms with van der Waals surface area (Å²) >= 11 is 0. The third-order valence-corrected chi connectivity index (χ3v) is 3.31. The van der Waals surface area contributed by atoms with E-state index in [1.54, 1.807) is 0 Å². The van der Waals surface area contributed by atoms with Crippen LogP contribution in [-0.2, 0) is 4.74 Å². The van der Waals surface area contributed by atoms with Crippen LogP contribution < -0.4 is 10.1 Å². The molecule has 0 spiro atoms. The molecule has 0 saturated carbocycles. The lowest BCUT2D eigenvalue weighted by molar-refractivity contribution is -0.00910. The Labute approximate surface area is 116 Å². The Kier molecular flexibility index (Phi) is 4.35. The quantitative estimate of drug-likeness (QED) is 0.875. The Balaban J connectivity index is 1.80. The van der Waals surface area contributed by atoms with E-state index in [9.17, 15) is 0 Å². The van der Waals surface area contributed by atoms with E-state index in [1.807, 2.05) is 26.0 Å². The minimum atomic E-state index is 0.0430. The number of benzene rings is 1. The third-order valence-electron chi connectivity index (χ3n) is 3.31. The molecule has 0 aliphatic carbocycles. The van der Waals surface area contributed by atoms with Gasteiger partial charge in [-0.15, -0.1) is 0 Å². The lowest BCUT2D eigenvalue weighted by atomic mass is 10.1. The van der Waals surface area contributed by atoms with Crippen LogP contribution in [-0.4, -0.2) is 24.4 Å². The molecule has 1 aromatic carbocycles. The van der Waals surface area contributed by atoms with E-state index in [2.05, 4.69) is 31.3 Å². The molecule has 1 N–H and O–H groups in total. The summed E-state index contributed by atoms with van der Waals surface area (Å²) in [6, 6.07) is 8.11. The lowest BCUT2D eigenvalue weighted by Gasteiger charge is -2.20. The van der Waals surface area contributed by atoms with E-state index in [0.29, 0.717) is 6.10 Å². The Morgan fingerprint density at radius 3 is 2.53 bits per heavy atom. The molecule has 1 unspecified atom stereocenters. The van der Waals surface area contributed by atoms with Gasteiger partial charge in [0.15, 0.2) is 0 Å². The molecule has 1 aliphatic heterocycles. The molecular weight excluding hydrogens is 238 g/mol. The highest BCUT2D eigenvalue weighted by atomic mass is 16.5. The lowest BCUT2D eigenvalue weighted by Crippen LogP contribution is -2.24. The Morgan fingerprint density at radius 1 is 1.32 bits per heavy atom. The number of anilines is 1. The average Bonchev–Trinajstić information content (AvgIpc) is 2.67. The van der Waals surface area contributed by atoms with E-state index < -0.39 is 0 Å². The van der Waals surface area contributed by atoms with Crippen LogP contribution in [0.4, 0.5) is 5.69 Å². The van der Waals surface area contributed by atoms with Crippen molar-refractivity contribution in [1.82, 2.24) is 0 Å². The van der Waals surface area contributed by atoms with Gasteiger partial charge in [0.05, 0.1) is 17.8 Å². The predicted molar refractivity (Wildman–Crippen MR) is 78.9 cm³/mol. The molecule has 0 aromatic heterocycles. The number of nitrogens with one attached hydrogen (secondary N) is 1. The second-order valence-corrected chi connectivity index (χ2v) is 6.11. The van der Waals surface area contributed by atoms with Gasteiger partial charge in [-0.25, -0.2) is 0 Å². The summed E-state index contributed by atoms with van der Waals surface area (Å²) in [6.45, 7) is 9.25. The normalized spacial score (nSPS) is 21.6. The van der Waals surface area contributed by atoms with Crippen molar-refractivity contribution in [3.05, 3.63) is 24.3 Å². The fourth-order valence-corrected chi connectivity index (χ4v) is 2.38. The molecule has 106 valence electrons. The van der Waals surface area contributed by atoms with Gasteiger partial charge in [0.1, 0.15) is 5.75 Å². The van der Waals surface area contributed by atoms with E-state index in [1.165, 1.54) is 0 Å². The number of ether oxygens (including phenoxy) is 2. The highest BCUT2D eigenvalue weighted by Gasteiger charge is 2.31. The molecule has 0 bridgehead atoms. The van der Waals surface area contributed by atoms with Crippen LogP contribution in [0.2, 0.25) is 0 Å². The van der Waals surface area contributed by atoms with Crippen molar-refractivity contribution in [2.45, 2.75) is 58.3 Å². The van der Waals surface area contributed by atoms with Crippen molar-refractivity contribution >= 4 is 5.69 Å². The van der Waals surface area contributed by atoms with Gasteiger partial charge in [-0.1, -0.05) is 0 Å².